The van der Waals surface area contributed by atoms with Gasteiger partial charge in [0.15, 0.2) is 5.75 Å². The Hall–Kier alpha value is -1.90. The zero-order chi connectivity index (χ0) is 16.7. The van der Waals surface area contributed by atoms with Crippen LogP contribution in [0.4, 0.5) is 0 Å². The van der Waals surface area contributed by atoms with Gasteiger partial charge in [0.25, 0.3) is 0 Å². The second-order valence-corrected chi connectivity index (χ2v) is 5.02. The predicted molar refractivity (Wildman–Crippen MR) is 78.8 cm³/mol. The minimum absolute atomic E-state index is 0.0776. The molecule has 22 heavy (non-hydrogen) atoms. The molecule has 0 aromatic carbocycles. The quantitative estimate of drug-likeness (QED) is 0.532. The zero-order valence-corrected chi connectivity index (χ0v) is 12.8. The molecule has 0 spiro atoms. The van der Waals surface area contributed by atoms with Crippen molar-refractivity contribution >= 4 is 5.97 Å². The first-order chi connectivity index (χ1) is 10.4. The topological polar surface area (TPSA) is 112 Å². The van der Waals surface area contributed by atoms with E-state index in [1.807, 2.05) is 0 Å². The molecule has 8 heteroatoms. The summed E-state index contributed by atoms with van der Waals surface area (Å²) in [4.78, 5) is 24.0. The number of rotatable bonds is 9. The lowest BCUT2D eigenvalue weighted by Gasteiger charge is -2.22. The first-order valence-corrected chi connectivity index (χ1v) is 6.85. The van der Waals surface area contributed by atoms with Gasteiger partial charge < -0.3 is 24.6 Å². The highest BCUT2D eigenvalue weighted by molar-refractivity contribution is 5.69. The molecular weight excluding hydrogens is 292 g/mol. The van der Waals surface area contributed by atoms with Crippen LogP contribution in [0.2, 0.25) is 0 Å². The number of carbonyl (C=O) groups is 1. The van der Waals surface area contributed by atoms with E-state index in [2.05, 4.69) is 0 Å². The van der Waals surface area contributed by atoms with Crippen LogP contribution in [0.3, 0.4) is 0 Å². The maximum Gasteiger partial charge on any atom is 0.317 e. The molecule has 0 amide bonds. The van der Waals surface area contributed by atoms with Gasteiger partial charge in [-0.1, -0.05) is 0 Å². The van der Waals surface area contributed by atoms with Crippen molar-refractivity contribution in [2.75, 3.05) is 27.3 Å². The predicted octanol–water partition coefficient (Wildman–Crippen LogP) is -0.401. The number of ether oxygens (including phenoxy) is 1. The van der Waals surface area contributed by atoms with Crippen LogP contribution in [0, 0.1) is 0 Å². The Morgan fingerprint density at radius 2 is 2.14 bits per heavy atom. The summed E-state index contributed by atoms with van der Waals surface area (Å²) in [6, 6.07) is 1.18. The van der Waals surface area contributed by atoms with Gasteiger partial charge in [0, 0.05) is 38.6 Å². The summed E-state index contributed by atoms with van der Waals surface area (Å²) < 4.78 is 6.61. The van der Waals surface area contributed by atoms with Crippen molar-refractivity contribution < 1.29 is 24.9 Å². The summed E-state index contributed by atoms with van der Waals surface area (Å²) in [5.41, 5.74) is 0.0693. The molecule has 0 fully saturated rings. The maximum atomic E-state index is 11.8. The maximum absolute atomic E-state index is 11.8. The number of aliphatic hydroxyl groups excluding tert-OH is 1. The van der Waals surface area contributed by atoms with Gasteiger partial charge in [-0.15, -0.1) is 0 Å². The molecule has 8 nitrogen and oxygen atoms in total. The number of hydrogen-bond donors (Lipinski definition) is 3. The van der Waals surface area contributed by atoms with Crippen LogP contribution in [0.15, 0.2) is 10.9 Å². The molecule has 0 aliphatic carbocycles. The highest BCUT2D eigenvalue weighted by Crippen LogP contribution is 2.17. The van der Waals surface area contributed by atoms with Crippen molar-refractivity contribution in [2.45, 2.75) is 26.1 Å². The third-order valence-electron chi connectivity index (χ3n) is 3.19. The Balaban J connectivity index is 3.16. The van der Waals surface area contributed by atoms with E-state index >= 15 is 0 Å². The molecule has 0 saturated heterocycles. The summed E-state index contributed by atoms with van der Waals surface area (Å²) in [7, 11) is 3.14. The molecule has 0 bridgehead atoms. The molecule has 1 rings (SSSR count). The number of carboxylic acids is 1. The minimum Gasteiger partial charge on any atom is -0.503 e. The molecule has 0 unspecified atom stereocenters. The molecule has 124 valence electrons. The molecule has 0 saturated carbocycles. The van der Waals surface area contributed by atoms with Crippen LogP contribution in [0.25, 0.3) is 0 Å². The Kier molecular flexibility index (Phi) is 7.03. The number of hydrogen-bond acceptors (Lipinski definition) is 6. The van der Waals surface area contributed by atoms with E-state index in [0.717, 1.165) is 0 Å². The highest BCUT2D eigenvalue weighted by atomic mass is 16.5. The van der Waals surface area contributed by atoms with E-state index in [9.17, 15) is 19.8 Å². The molecule has 3 N–H and O–H groups in total. The van der Waals surface area contributed by atoms with Gasteiger partial charge in [-0.25, -0.2) is 0 Å². The number of aliphatic carboxylic acids is 1. The lowest BCUT2D eigenvalue weighted by molar-refractivity contribution is -0.138. The lowest BCUT2D eigenvalue weighted by atomic mass is 10.2. The van der Waals surface area contributed by atoms with E-state index in [0.29, 0.717) is 25.3 Å². The van der Waals surface area contributed by atoms with Crippen LogP contribution in [-0.4, -0.2) is 58.1 Å². The number of aromatic nitrogens is 1. The average molecular weight is 314 g/mol. The largest absolute Gasteiger partial charge is 0.503 e. The number of aliphatic hydroxyl groups is 1. The van der Waals surface area contributed by atoms with Crippen LogP contribution in [0.5, 0.6) is 5.75 Å². The number of methoxy groups -OCH3 is 1. The summed E-state index contributed by atoms with van der Waals surface area (Å²) in [6.45, 7) is 0.428. The zero-order valence-electron chi connectivity index (χ0n) is 12.8. The second kappa shape index (κ2) is 8.52. The Morgan fingerprint density at radius 3 is 2.68 bits per heavy atom. The highest BCUT2D eigenvalue weighted by Gasteiger charge is 2.17. The number of nitrogens with zero attached hydrogens (tertiary/aromatic N) is 2. The minimum atomic E-state index is -1.01. The van der Waals surface area contributed by atoms with Crippen molar-refractivity contribution in [1.82, 2.24) is 9.47 Å². The fourth-order valence-corrected chi connectivity index (χ4v) is 2.22. The third kappa shape index (κ3) is 4.83. The first-order valence-electron chi connectivity index (χ1n) is 6.85. The number of likely N-dealkylation sites (N-methyl/N-ethyl adjacent to an activating group) is 1. The smallest absolute Gasteiger partial charge is 0.317 e. The van der Waals surface area contributed by atoms with Crippen molar-refractivity contribution in [3.8, 4) is 5.75 Å². The van der Waals surface area contributed by atoms with Gasteiger partial charge in [0.1, 0.15) is 0 Å². The van der Waals surface area contributed by atoms with Gasteiger partial charge in [-0.2, -0.15) is 0 Å². The van der Waals surface area contributed by atoms with E-state index in [1.54, 1.807) is 18.7 Å². The summed E-state index contributed by atoms with van der Waals surface area (Å²) in [5, 5.41) is 28.2. The van der Waals surface area contributed by atoms with Gasteiger partial charge >= 0.3 is 5.97 Å². The Labute approximate surface area is 128 Å². The van der Waals surface area contributed by atoms with Crippen LogP contribution >= 0.6 is 0 Å². The number of aromatic hydroxyl groups is 1. The fourth-order valence-electron chi connectivity index (χ4n) is 2.22. The van der Waals surface area contributed by atoms with Crippen LogP contribution < -0.4 is 5.43 Å². The summed E-state index contributed by atoms with van der Waals surface area (Å²) >= 11 is 0. The molecule has 1 heterocycles. The molecule has 0 radical (unpaired) electrons. The monoisotopic (exact) mass is 314 g/mol. The Bertz CT molecular complexity index is 569. The third-order valence-corrected chi connectivity index (χ3v) is 3.19. The van der Waals surface area contributed by atoms with E-state index < -0.39 is 17.1 Å². The standard InChI is InChI=1S/C14H22N2O6/c1-15(8-13(19)20)7-11-14(21)12(18)6-10(9-17)16(11)4-3-5-22-2/h6,17,21H,3-5,7-9H2,1-2H3,(H,19,20). The number of carboxylic acid groups (broad SMARTS) is 1. The first kappa shape index (κ1) is 18.1. The lowest BCUT2D eigenvalue weighted by Crippen LogP contribution is -2.29. The van der Waals surface area contributed by atoms with Gasteiger partial charge in [0.05, 0.1) is 18.8 Å². The van der Waals surface area contributed by atoms with E-state index in [1.165, 1.54) is 11.0 Å². The van der Waals surface area contributed by atoms with E-state index in [4.69, 9.17) is 9.84 Å². The van der Waals surface area contributed by atoms with Gasteiger partial charge in [-0.3, -0.25) is 14.5 Å². The average Bonchev–Trinajstić information content (AvgIpc) is 2.45. The van der Waals surface area contributed by atoms with Gasteiger partial charge in [-0.05, 0) is 13.5 Å². The molecule has 1 aromatic heterocycles. The van der Waals surface area contributed by atoms with Crippen molar-refractivity contribution in [1.29, 1.82) is 0 Å². The van der Waals surface area contributed by atoms with Crippen molar-refractivity contribution in [3.05, 3.63) is 27.7 Å². The van der Waals surface area contributed by atoms with Crippen molar-refractivity contribution in [2.24, 2.45) is 0 Å². The van der Waals surface area contributed by atoms with Crippen molar-refractivity contribution in [3.63, 3.8) is 0 Å². The molecule has 0 aliphatic rings. The van der Waals surface area contributed by atoms with E-state index in [-0.39, 0.29) is 25.4 Å². The van der Waals surface area contributed by atoms with Crippen LogP contribution in [0.1, 0.15) is 17.8 Å². The van der Waals surface area contributed by atoms with Crippen LogP contribution in [-0.2, 0) is 29.2 Å². The SMILES string of the molecule is COCCCn1c(CO)cc(=O)c(O)c1CN(C)CC(=O)O. The van der Waals surface area contributed by atoms with Gasteiger partial charge in [0.2, 0.25) is 5.43 Å². The summed E-state index contributed by atoms with van der Waals surface area (Å²) in [6.07, 6.45) is 0.626. The second-order valence-electron chi connectivity index (χ2n) is 5.02. The molecule has 1 aromatic rings. The molecular formula is C14H22N2O6. The normalized spacial score (nSPS) is 11.1. The fraction of sp³-hybridized carbons (Fsp3) is 0.571. The molecule has 0 aliphatic heterocycles. The number of pyridine rings is 1. The summed E-state index contributed by atoms with van der Waals surface area (Å²) in [5.74, 6) is -1.43. The Morgan fingerprint density at radius 1 is 1.45 bits per heavy atom. The molecule has 0 atom stereocenters.